The van der Waals surface area contributed by atoms with Gasteiger partial charge in [0.2, 0.25) is 0 Å². The van der Waals surface area contributed by atoms with Gasteiger partial charge in [-0.05, 0) is 70.1 Å². The molecule has 1 nitrogen and oxygen atoms in total. The van der Waals surface area contributed by atoms with E-state index in [-0.39, 0.29) is 0 Å². The molecule has 0 aliphatic heterocycles. The average molecular weight is 478 g/mol. The Kier molecular flexibility index (Phi) is 5.04. The number of hydrogen-bond acceptors (Lipinski definition) is 2. The molecule has 0 saturated carbocycles. The molecule has 0 amide bonds. The van der Waals surface area contributed by atoms with Crippen LogP contribution >= 0.6 is 11.3 Å². The highest BCUT2D eigenvalue weighted by Crippen LogP contribution is 2.40. The smallest absolute Gasteiger partial charge is 0.0464 e. The number of thiophene rings is 1. The third-order valence-electron chi connectivity index (χ3n) is 6.86. The van der Waals surface area contributed by atoms with E-state index in [2.05, 4.69) is 133 Å². The number of benzene rings is 6. The minimum absolute atomic E-state index is 1.09. The van der Waals surface area contributed by atoms with E-state index >= 15 is 0 Å². The number of hydrogen-bond donors (Lipinski definition) is 1. The van der Waals surface area contributed by atoms with Gasteiger partial charge in [0.15, 0.2) is 0 Å². The van der Waals surface area contributed by atoms with Gasteiger partial charge < -0.3 is 5.32 Å². The highest BCUT2D eigenvalue weighted by Gasteiger charge is 2.12. The quantitative estimate of drug-likeness (QED) is 0.266. The molecule has 6 aromatic carbocycles. The summed E-state index contributed by atoms with van der Waals surface area (Å²) in [6, 6.07) is 47.9. The highest BCUT2D eigenvalue weighted by atomic mass is 32.1. The summed E-state index contributed by atoms with van der Waals surface area (Å²) >= 11 is 1.86. The molecule has 7 rings (SSSR count). The van der Waals surface area contributed by atoms with E-state index in [0.717, 1.165) is 11.4 Å². The van der Waals surface area contributed by atoms with Crippen molar-refractivity contribution in [2.45, 2.75) is 0 Å². The molecule has 0 radical (unpaired) electrons. The monoisotopic (exact) mass is 477 g/mol. The van der Waals surface area contributed by atoms with E-state index in [0.29, 0.717) is 0 Å². The second-order valence-corrected chi connectivity index (χ2v) is 10.2. The average Bonchev–Trinajstić information content (AvgIpc) is 3.32. The lowest BCUT2D eigenvalue weighted by Crippen LogP contribution is -1.93. The number of fused-ring (bicyclic) bond motifs is 4. The molecule has 0 spiro atoms. The van der Waals surface area contributed by atoms with Crippen molar-refractivity contribution in [3.05, 3.63) is 133 Å². The molecule has 0 aliphatic carbocycles. The van der Waals surface area contributed by atoms with E-state index < -0.39 is 0 Å². The Labute approximate surface area is 214 Å². The van der Waals surface area contributed by atoms with Crippen molar-refractivity contribution in [2.24, 2.45) is 0 Å². The summed E-state index contributed by atoms with van der Waals surface area (Å²) < 4.78 is 2.67. The summed E-state index contributed by atoms with van der Waals surface area (Å²) in [4.78, 5) is 0. The molecular weight excluding hydrogens is 454 g/mol. The molecule has 2 heteroatoms. The first-order valence-corrected chi connectivity index (χ1v) is 13.0. The van der Waals surface area contributed by atoms with Gasteiger partial charge in [-0.3, -0.25) is 0 Å². The van der Waals surface area contributed by atoms with Gasteiger partial charge in [0.05, 0.1) is 0 Å². The van der Waals surface area contributed by atoms with Crippen molar-refractivity contribution in [1.82, 2.24) is 0 Å². The summed E-state index contributed by atoms with van der Waals surface area (Å²) in [6.45, 7) is 0. The Balaban J connectivity index is 1.45. The first-order chi connectivity index (χ1) is 17.8. The number of nitrogens with one attached hydrogen (secondary N) is 1. The summed E-state index contributed by atoms with van der Waals surface area (Å²) in [5, 5.41) is 8.75. The van der Waals surface area contributed by atoms with Crippen LogP contribution in [0.5, 0.6) is 0 Å². The van der Waals surface area contributed by atoms with Crippen LogP contribution in [-0.4, -0.2) is 0 Å². The van der Waals surface area contributed by atoms with Crippen LogP contribution in [0.1, 0.15) is 0 Å². The van der Waals surface area contributed by atoms with Crippen LogP contribution in [0.3, 0.4) is 0 Å². The Morgan fingerprint density at radius 3 is 1.97 bits per heavy atom. The van der Waals surface area contributed by atoms with Crippen LogP contribution < -0.4 is 5.32 Å². The zero-order valence-corrected chi connectivity index (χ0v) is 20.4. The molecule has 1 aromatic heterocycles. The lowest BCUT2D eigenvalue weighted by Gasteiger charge is -2.15. The minimum atomic E-state index is 1.09. The summed E-state index contributed by atoms with van der Waals surface area (Å²) in [6.07, 6.45) is 0. The molecule has 170 valence electrons. The van der Waals surface area contributed by atoms with Crippen molar-refractivity contribution in [3.8, 4) is 22.3 Å². The van der Waals surface area contributed by atoms with Gasteiger partial charge >= 0.3 is 0 Å². The van der Waals surface area contributed by atoms with Gasteiger partial charge in [-0.25, -0.2) is 0 Å². The second-order valence-electron chi connectivity index (χ2n) is 9.09. The number of anilines is 2. The molecule has 7 aromatic rings. The van der Waals surface area contributed by atoms with Crippen LogP contribution in [0.15, 0.2) is 133 Å². The fourth-order valence-corrected chi connectivity index (χ4v) is 6.18. The van der Waals surface area contributed by atoms with Crippen LogP contribution in [0, 0.1) is 0 Å². The van der Waals surface area contributed by atoms with Crippen LogP contribution in [0.25, 0.3) is 53.2 Å². The Morgan fingerprint density at radius 1 is 0.417 bits per heavy atom. The zero-order valence-electron chi connectivity index (χ0n) is 19.6. The van der Waals surface area contributed by atoms with E-state index in [4.69, 9.17) is 0 Å². The first kappa shape index (κ1) is 20.9. The molecule has 0 unspecified atom stereocenters. The maximum Gasteiger partial charge on any atom is 0.0464 e. The normalized spacial score (nSPS) is 11.3. The van der Waals surface area contributed by atoms with Gasteiger partial charge in [0.25, 0.3) is 0 Å². The zero-order chi connectivity index (χ0) is 23.9. The molecule has 1 heterocycles. The Bertz CT molecular complexity index is 1850. The third-order valence-corrected chi connectivity index (χ3v) is 8.02. The summed E-state index contributed by atoms with van der Waals surface area (Å²) in [7, 11) is 0. The van der Waals surface area contributed by atoms with Gasteiger partial charge in [0.1, 0.15) is 0 Å². The van der Waals surface area contributed by atoms with E-state index in [1.165, 1.54) is 53.2 Å². The standard InChI is InChI=1S/C34H23NS/c1-3-9-23(10-4-1)24-15-17-28-30(21-24)27(18-19-32(28)35-26-11-5-2-6-12-26)25-16-20-34-31(22-25)29-13-7-8-14-33(29)36-34/h1-22,35H. The Morgan fingerprint density at radius 2 is 1.11 bits per heavy atom. The summed E-state index contributed by atoms with van der Waals surface area (Å²) in [5.41, 5.74) is 7.15. The fourth-order valence-electron chi connectivity index (χ4n) is 5.09. The molecular formula is C34H23NS. The molecule has 1 N–H and O–H groups in total. The second kappa shape index (κ2) is 8.67. The van der Waals surface area contributed by atoms with E-state index in [9.17, 15) is 0 Å². The van der Waals surface area contributed by atoms with Gasteiger partial charge in [-0.15, -0.1) is 11.3 Å². The topological polar surface area (TPSA) is 12.0 Å². The molecule has 0 saturated heterocycles. The van der Waals surface area contributed by atoms with Crippen LogP contribution in [0.2, 0.25) is 0 Å². The highest BCUT2D eigenvalue weighted by molar-refractivity contribution is 7.25. The molecule has 0 fully saturated rings. The van der Waals surface area contributed by atoms with Crippen molar-refractivity contribution in [2.75, 3.05) is 5.32 Å². The maximum absolute atomic E-state index is 3.64. The summed E-state index contributed by atoms with van der Waals surface area (Å²) in [5.74, 6) is 0. The fraction of sp³-hybridized carbons (Fsp3) is 0. The molecule has 36 heavy (non-hydrogen) atoms. The molecule has 0 aliphatic rings. The lowest BCUT2D eigenvalue weighted by atomic mass is 9.93. The van der Waals surface area contributed by atoms with Gasteiger partial charge in [-0.1, -0.05) is 91.0 Å². The predicted molar refractivity (Wildman–Crippen MR) is 157 cm³/mol. The minimum Gasteiger partial charge on any atom is -0.355 e. The predicted octanol–water partition coefficient (Wildman–Crippen LogP) is 10.3. The number of rotatable bonds is 4. The van der Waals surface area contributed by atoms with Crippen LogP contribution in [-0.2, 0) is 0 Å². The third kappa shape index (κ3) is 3.64. The first-order valence-electron chi connectivity index (χ1n) is 12.2. The van der Waals surface area contributed by atoms with Crippen LogP contribution in [0.4, 0.5) is 11.4 Å². The SMILES string of the molecule is c1ccc(Nc2ccc(-c3ccc4sc5ccccc5c4c3)c3cc(-c4ccccc4)ccc23)cc1. The van der Waals surface area contributed by atoms with Gasteiger partial charge in [-0.2, -0.15) is 0 Å². The van der Waals surface area contributed by atoms with Crippen molar-refractivity contribution < 1.29 is 0 Å². The van der Waals surface area contributed by atoms with Gasteiger partial charge in [0, 0.05) is 36.9 Å². The maximum atomic E-state index is 3.64. The molecule has 0 bridgehead atoms. The van der Waals surface area contributed by atoms with Crippen molar-refractivity contribution in [3.63, 3.8) is 0 Å². The Hall–Kier alpha value is -4.40. The van der Waals surface area contributed by atoms with E-state index in [1.54, 1.807) is 0 Å². The lowest BCUT2D eigenvalue weighted by molar-refractivity contribution is 1.57. The largest absolute Gasteiger partial charge is 0.355 e. The molecule has 0 atom stereocenters. The van der Waals surface area contributed by atoms with E-state index in [1.807, 2.05) is 17.4 Å². The van der Waals surface area contributed by atoms with Crippen molar-refractivity contribution in [1.29, 1.82) is 0 Å². The van der Waals surface area contributed by atoms with Crippen molar-refractivity contribution >= 4 is 53.7 Å². The number of para-hydroxylation sites is 1.